The number of nitrogens with zero attached hydrogens (tertiary/aromatic N) is 1. The normalized spacial score (nSPS) is 18.9. The molecule has 1 amide bonds. The minimum atomic E-state index is -4.63. The summed E-state index contributed by atoms with van der Waals surface area (Å²) in [5, 5.41) is 8.74. The lowest BCUT2D eigenvalue weighted by Crippen LogP contribution is -2.39. The van der Waals surface area contributed by atoms with Gasteiger partial charge in [-0.1, -0.05) is 30.3 Å². The molecule has 136 valence electrons. The Bertz CT molecular complexity index is 641. The van der Waals surface area contributed by atoms with Crippen LogP contribution in [-0.4, -0.2) is 41.1 Å². The Morgan fingerprint density at radius 2 is 1.92 bits per heavy atom. The molecule has 1 atom stereocenters. The van der Waals surface area contributed by atoms with Gasteiger partial charge in [-0.15, -0.1) is 0 Å². The van der Waals surface area contributed by atoms with Crippen molar-refractivity contribution >= 4 is 17.4 Å². The summed E-state index contributed by atoms with van der Waals surface area (Å²) in [6, 6.07) is 7.22. The molecule has 0 aliphatic carbocycles. The predicted octanol–water partition coefficient (Wildman–Crippen LogP) is 3.74. The number of piperidine rings is 1. The van der Waals surface area contributed by atoms with E-state index >= 15 is 0 Å². The largest absolute Gasteiger partial charge is 0.481 e. The van der Waals surface area contributed by atoms with Gasteiger partial charge < -0.3 is 10.0 Å². The highest BCUT2D eigenvalue weighted by Crippen LogP contribution is 2.34. The van der Waals surface area contributed by atoms with E-state index in [1.165, 1.54) is 29.2 Å². The lowest BCUT2D eigenvalue weighted by Gasteiger charge is -2.32. The van der Waals surface area contributed by atoms with Gasteiger partial charge in [-0.3, -0.25) is 9.59 Å². The van der Waals surface area contributed by atoms with E-state index in [1.807, 2.05) is 0 Å². The average molecular weight is 355 g/mol. The molecule has 1 fully saturated rings. The fourth-order valence-electron chi connectivity index (χ4n) is 2.99. The molecule has 0 aromatic heterocycles. The highest BCUT2D eigenvalue weighted by molar-refractivity contribution is 5.96. The molecule has 0 saturated carbocycles. The molecular formula is C18H20F3NO3. The first-order valence-electron chi connectivity index (χ1n) is 8.12. The van der Waals surface area contributed by atoms with Crippen molar-refractivity contribution in [3.63, 3.8) is 0 Å². The number of halogens is 3. The fourth-order valence-corrected chi connectivity index (χ4v) is 2.99. The van der Waals surface area contributed by atoms with Crippen molar-refractivity contribution in [2.45, 2.75) is 31.9 Å². The van der Waals surface area contributed by atoms with E-state index in [9.17, 15) is 22.8 Å². The van der Waals surface area contributed by atoms with Gasteiger partial charge >= 0.3 is 12.1 Å². The number of alkyl halides is 3. The summed E-state index contributed by atoms with van der Waals surface area (Å²) in [4.78, 5) is 24.4. The van der Waals surface area contributed by atoms with Crippen LogP contribution in [0, 0.1) is 5.92 Å². The topological polar surface area (TPSA) is 57.6 Å². The molecule has 7 heteroatoms. The van der Waals surface area contributed by atoms with E-state index in [4.69, 9.17) is 5.11 Å². The van der Waals surface area contributed by atoms with Crippen LogP contribution < -0.4 is 0 Å². The number of likely N-dealkylation sites (tertiary alicyclic amines) is 1. The van der Waals surface area contributed by atoms with Gasteiger partial charge in [0.2, 0.25) is 5.91 Å². The van der Waals surface area contributed by atoms with Gasteiger partial charge in [0, 0.05) is 25.6 Å². The maximum Gasteiger partial charge on any atom is 0.417 e. The van der Waals surface area contributed by atoms with E-state index in [2.05, 4.69) is 0 Å². The van der Waals surface area contributed by atoms with E-state index < -0.39 is 23.6 Å². The molecule has 0 radical (unpaired) electrons. The monoisotopic (exact) mass is 355 g/mol. The lowest BCUT2D eigenvalue weighted by atomic mass is 9.93. The van der Waals surface area contributed by atoms with E-state index in [0.717, 1.165) is 6.42 Å². The Hall–Kier alpha value is -2.31. The Morgan fingerprint density at radius 1 is 1.24 bits per heavy atom. The third-order valence-corrected chi connectivity index (χ3v) is 4.26. The van der Waals surface area contributed by atoms with Crippen molar-refractivity contribution in [3.05, 3.63) is 42.0 Å². The van der Waals surface area contributed by atoms with Crippen LogP contribution in [-0.2, 0) is 9.59 Å². The van der Waals surface area contributed by atoms with Crippen molar-refractivity contribution in [2.24, 2.45) is 5.92 Å². The van der Waals surface area contributed by atoms with Crippen LogP contribution in [0.5, 0.6) is 0 Å². The zero-order valence-electron chi connectivity index (χ0n) is 13.6. The van der Waals surface area contributed by atoms with Gasteiger partial charge in [-0.05, 0) is 30.7 Å². The molecule has 1 heterocycles. The summed E-state index contributed by atoms with van der Waals surface area (Å²) in [5.41, 5.74) is -1.02. The van der Waals surface area contributed by atoms with Crippen molar-refractivity contribution in [2.75, 3.05) is 13.1 Å². The summed E-state index contributed by atoms with van der Waals surface area (Å²) in [5.74, 6) is -1.59. The molecule has 1 aromatic carbocycles. The molecular weight excluding hydrogens is 335 g/mol. The third-order valence-electron chi connectivity index (χ3n) is 4.26. The first-order valence-corrected chi connectivity index (χ1v) is 8.12. The second-order valence-electron chi connectivity index (χ2n) is 6.15. The Labute approximate surface area is 143 Å². The zero-order valence-corrected chi connectivity index (χ0v) is 13.6. The van der Waals surface area contributed by atoms with Gasteiger partial charge in [0.1, 0.15) is 0 Å². The molecule has 1 aliphatic heterocycles. The molecule has 1 unspecified atom stereocenters. The second kappa shape index (κ2) is 8.18. The molecule has 1 aromatic rings. The Kier molecular flexibility index (Phi) is 6.22. The van der Waals surface area contributed by atoms with Crippen molar-refractivity contribution in [1.29, 1.82) is 0 Å². The van der Waals surface area contributed by atoms with Crippen molar-refractivity contribution < 1.29 is 27.9 Å². The number of benzene rings is 1. The van der Waals surface area contributed by atoms with Gasteiger partial charge in [-0.25, -0.2) is 0 Å². The zero-order chi connectivity index (χ0) is 18.4. The summed E-state index contributed by atoms with van der Waals surface area (Å²) >= 11 is 0. The van der Waals surface area contributed by atoms with Crippen LogP contribution in [0.4, 0.5) is 13.2 Å². The number of amides is 1. The van der Waals surface area contributed by atoms with E-state index in [0.29, 0.717) is 32.0 Å². The predicted molar refractivity (Wildman–Crippen MR) is 86.6 cm³/mol. The van der Waals surface area contributed by atoms with Crippen LogP contribution in [0.25, 0.3) is 5.57 Å². The maximum absolute atomic E-state index is 13.3. The van der Waals surface area contributed by atoms with Crippen LogP contribution >= 0.6 is 0 Å². The second-order valence-corrected chi connectivity index (χ2v) is 6.15. The molecule has 1 N–H and O–H groups in total. The standard InChI is InChI=1S/C18H20F3NO3/c19-18(20,21)15(14-6-2-1-3-7-14)11-16(23)22-10-4-5-13(12-22)8-9-17(24)25/h1-3,6-7,11,13H,4-5,8-10,12H2,(H,24,25)/b15-11-. The number of carboxylic acid groups (broad SMARTS) is 1. The quantitative estimate of drug-likeness (QED) is 0.819. The maximum atomic E-state index is 13.3. The number of carboxylic acids is 1. The number of aliphatic carboxylic acids is 1. The first-order chi connectivity index (χ1) is 11.8. The Balaban J connectivity index is 2.14. The van der Waals surface area contributed by atoms with E-state index in [-0.39, 0.29) is 17.9 Å². The molecule has 2 rings (SSSR count). The lowest BCUT2D eigenvalue weighted by molar-refractivity contribution is -0.137. The summed E-state index contributed by atoms with van der Waals surface area (Å²) in [6.45, 7) is 0.682. The number of carbonyl (C=O) groups is 2. The van der Waals surface area contributed by atoms with Crippen LogP contribution in [0.1, 0.15) is 31.2 Å². The average Bonchev–Trinajstić information content (AvgIpc) is 2.57. The van der Waals surface area contributed by atoms with Crippen molar-refractivity contribution in [3.8, 4) is 0 Å². The van der Waals surface area contributed by atoms with Gasteiger partial charge in [0.05, 0.1) is 5.57 Å². The van der Waals surface area contributed by atoms with Crippen LogP contribution in [0.3, 0.4) is 0 Å². The highest BCUT2D eigenvalue weighted by atomic mass is 19.4. The van der Waals surface area contributed by atoms with Gasteiger partial charge in [0.15, 0.2) is 0 Å². The summed E-state index contributed by atoms with van der Waals surface area (Å²) < 4.78 is 39.9. The molecule has 0 spiro atoms. The summed E-state index contributed by atoms with van der Waals surface area (Å²) in [6.07, 6.45) is -2.11. The Morgan fingerprint density at radius 3 is 2.52 bits per heavy atom. The number of carbonyl (C=O) groups excluding carboxylic acids is 1. The number of rotatable bonds is 5. The SMILES string of the molecule is O=C(O)CCC1CCCN(C(=O)/C=C(/c2ccccc2)C(F)(F)F)C1. The third kappa shape index (κ3) is 5.62. The number of hydrogen-bond donors (Lipinski definition) is 1. The van der Waals surface area contributed by atoms with Crippen molar-refractivity contribution in [1.82, 2.24) is 4.90 Å². The molecule has 4 nitrogen and oxygen atoms in total. The van der Waals surface area contributed by atoms with E-state index in [1.54, 1.807) is 6.07 Å². The first kappa shape index (κ1) is 19.0. The minimum absolute atomic E-state index is 0.000350. The van der Waals surface area contributed by atoms with Gasteiger partial charge in [-0.2, -0.15) is 13.2 Å². The molecule has 0 bridgehead atoms. The summed E-state index contributed by atoms with van der Waals surface area (Å²) in [7, 11) is 0. The van der Waals surface area contributed by atoms with Gasteiger partial charge in [0.25, 0.3) is 0 Å². The fraction of sp³-hybridized carbons (Fsp3) is 0.444. The number of allylic oxidation sites excluding steroid dienone is 1. The minimum Gasteiger partial charge on any atom is -0.481 e. The molecule has 1 aliphatic rings. The molecule has 25 heavy (non-hydrogen) atoms. The number of hydrogen-bond acceptors (Lipinski definition) is 2. The highest BCUT2D eigenvalue weighted by Gasteiger charge is 2.36. The smallest absolute Gasteiger partial charge is 0.417 e. The van der Waals surface area contributed by atoms with Crippen LogP contribution in [0.15, 0.2) is 36.4 Å². The molecule has 1 saturated heterocycles. The van der Waals surface area contributed by atoms with Crippen LogP contribution in [0.2, 0.25) is 0 Å².